The van der Waals surface area contributed by atoms with Gasteiger partial charge in [-0.05, 0) is 36.1 Å². The highest BCUT2D eigenvalue weighted by atomic mass is 16.5. The Bertz CT molecular complexity index is 766. The monoisotopic (exact) mass is 313 g/mol. The molecule has 2 aromatic rings. The maximum absolute atomic E-state index is 12.5. The third-order valence-electron chi connectivity index (χ3n) is 4.72. The van der Waals surface area contributed by atoms with Crippen LogP contribution in [0, 0.1) is 0 Å². The van der Waals surface area contributed by atoms with Crippen molar-refractivity contribution >= 4 is 11.8 Å². The number of hydrogen-bond donors (Lipinski definition) is 1. The fraction of sp³-hybridized carbons (Fsp3) is 0.438. The van der Waals surface area contributed by atoms with Crippen LogP contribution in [0.15, 0.2) is 24.4 Å². The quantitative estimate of drug-likeness (QED) is 0.919. The second-order valence-corrected chi connectivity index (χ2v) is 6.37. The molecule has 1 aromatic carbocycles. The molecule has 2 aliphatic rings. The molecule has 0 radical (unpaired) electrons. The van der Waals surface area contributed by atoms with Crippen LogP contribution in [0.3, 0.4) is 0 Å². The molecule has 1 N–H and O–H groups in total. The summed E-state index contributed by atoms with van der Waals surface area (Å²) in [4.78, 5) is 14.4. The Balaban J connectivity index is 1.57. The first-order valence-corrected chi connectivity index (χ1v) is 7.69. The zero-order valence-corrected chi connectivity index (χ0v) is 13.2. The van der Waals surface area contributed by atoms with Crippen molar-refractivity contribution in [3.8, 4) is 5.75 Å². The van der Waals surface area contributed by atoms with Crippen molar-refractivity contribution in [2.75, 3.05) is 19.0 Å². The molecule has 1 aliphatic carbocycles. The lowest BCUT2D eigenvalue weighted by molar-refractivity contribution is 0.197. The summed E-state index contributed by atoms with van der Waals surface area (Å²) in [5, 5.41) is 10.6. The van der Waals surface area contributed by atoms with Gasteiger partial charge in [-0.2, -0.15) is 0 Å². The van der Waals surface area contributed by atoms with Crippen LogP contribution in [-0.4, -0.2) is 39.6 Å². The van der Waals surface area contributed by atoms with Crippen LogP contribution in [0.1, 0.15) is 24.0 Å². The normalized spacial score (nSPS) is 17.7. The van der Waals surface area contributed by atoms with Gasteiger partial charge in [-0.15, -0.1) is 5.10 Å². The number of ether oxygens (including phenoxy) is 1. The summed E-state index contributed by atoms with van der Waals surface area (Å²) in [5.74, 6) is 1.36. The Labute approximate surface area is 134 Å². The van der Waals surface area contributed by atoms with Gasteiger partial charge in [0.1, 0.15) is 5.75 Å². The van der Waals surface area contributed by atoms with E-state index < -0.39 is 0 Å². The number of aryl methyl sites for hydroxylation is 1. The molecule has 2 heterocycles. The SMILES string of the molecule is COc1ccc2c(c1)C1(CC1)CN(C(=O)Nc1cn(C)nn1)C2. The highest BCUT2D eigenvalue weighted by molar-refractivity contribution is 5.88. The van der Waals surface area contributed by atoms with Gasteiger partial charge < -0.3 is 9.64 Å². The summed E-state index contributed by atoms with van der Waals surface area (Å²) >= 11 is 0. The molecule has 0 bridgehead atoms. The van der Waals surface area contributed by atoms with Gasteiger partial charge in [0, 0.05) is 25.6 Å². The van der Waals surface area contributed by atoms with Crippen molar-refractivity contribution < 1.29 is 9.53 Å². The number of benzene rings is 1. The van der Waals surface area contributed by atoms with Crippen LogP contribution < -0.4 is 10.1 Å². The number of amides is 2. The van der Waals surface area contributed by atoms with Crippen LogP contribution in [-0.2, 0) is 19.0 Å². The predicted octanol–water partition coefficient (Wildman–Crippen LogP) is 1.90. The molecule has 120 valence electrons. The standard InChI is InChI=1S/C16H19N5O2/c1-20-9-14(18-19-20)17-15(22)21-8-11-3-4-12(23-2)7-13(11)16(10-21)5-6-16/h3-4,7,9H,5-6,8,10H2,1-2H3,(H,17,22). The Morgan fingerprint density at radius 1 is 1.39 bits per heavy atom. The molecule has 23 heavy (non-hydrogen) atoms. The van der Waals surface area contributed by atoms with Crippen molar-refractivity contribution in [1.29, 1.82) is 0 Å². The molecular formula is C16H19N5O2. The first-order chi connectivity index (χ1) is 11.1. The van der Waals surface area contributed by atoms with Gasteiger partial charge in [0.15, 0.2) is 5.82 Å². The van der Waals surface area contributed by atoms with E-state index in [0.717, 1.165) is 25.1 Å². The maximum atomic E-state index is 12.5. The highest BCUT2D eigenvalue weighted by Crippen LogP contribution is 2.53. The first kappa shape index (κ1) is 14.0. The Morgan fingerprint density at radius 2 is 2.22 bits per heavy atom. The number of carbonyl (C=O) groups excluding carboxylic acids is 1. The molecular weight excluding hydrogens is 294 g/mol. The molecule has 1 fully saturated rings. The van der Waals surface area contributed by atoms with Gasteiger partial charge in [0.25, 0.3) is 0 Å². The van der Waals surface area contributed by atoms with Gasteiger partial charge >= 0.3 is 6.03 Å². The van der Waals surface area contributed by atoms with Crippen molar-refractivity contribution in [2.24, 2.45) is 7.05 Å². The number of nitrogens with one attached hydrogen (secondary N) is 1. The number of hydrogen-bond acceptors (Lipinski definition) is 4. The van der Waals surface area contributed by atoms with Crippen molar-refractivity contribution in [2.45, 2.75) is 24.8 Å². The van der Waals surface area contributed by atoms with Crippen LogP contribution in [0.2, 0.25) is 0 Å². The summed E-state index contributed by atoms with van der Waals surface area (Å²) in [6.07, 6.45) is 3.91. The Hall–Kier alpha value is -2.57. The predicted molar refractivity (Wildman–Crippen MR) is 84.3 cm³/mol. The molecule has 0 atom stereocenters. The second kappa shape index (κ2) is 4.97. The Kier molecular flexibility index (Phi) is 3.04. The summed E-state index contributed by atoms with van der Waals surface area (Å²) in [5.41, 5.74) is 2.63. The summed E-state index contributed by atoms with van der Waals surface area (Å²) in [6, 6.07) is 6.02. The van der Waals surface area contributed by atoms with Gasteiger partial charge in [0.05, 0.1) is 13.3 Å². The number of fused-ring (bicyclic) bond motifs is 2. The maximum Gasteiger partial charge on any atom is 0.323 e. The van der Waals surface area contributed by atoms with E-state index in [-0.39, 0.29) is 11.4 Å². The van der Waals surface area contributed by atoms with Crippen LogP contribution in [0.25, 0.3) is 0 Å². The highest BCUT2D eigenvalue weighted by Gasteiger charge is 2.50. The number of rotatable bonds is 2. The number of aromatic nitrogens is 3. The molecule has 0 unspecified atom stereocenters. The average Bonchev–Trinajstić information content (AvgIpc) is 3.20. The number of anilines is 1. The third kappa shape index (κ3) is 2.42. The summed E-state index contributed by atoms with van der Waals surface area (Å²) < 4.78 is 6.91. The largest absolute Gasteiger partial charge is 0.497 e. The van der Waals surface area contributed by atoms with E-state index >= 15 is 0 Å². The minimum Gasteiger partial charge on any atom is -0.497 e. The van der Waals surface area contributed by atoms with Crippen LogP contribution in [0.4, 0.5) is 10.6 Å². The minimum atomic E-state index is -0.127. The molecule has 7 heteroatoms. The topological polar surface area (TPSA) is 72.3 Å². The van der Waals surface area contributed by atoms with E-state index in [1.807, 2.05) is 11.0 Å². The van der Waals surface area contributed by atoms with Crippen LogP contribution >= 0.6 is 0 Å². The molecule has 7 nitrogen and oxygen atoms in total. The molecule has 1 aromatic heterocycles. The number of nitrogens with zero attached hydrogens (tertiary/aromatic N) is 4. The van der Waals surface area contributed by atoms with E-state index in [0.29, 0.717) is 12.4 Å². The smallest absolute Gasteiger partial charge is 0.323 e. The number of methoxy groups -OCH3 is 1. The van der Waals surface area contributed by atoms with Gasteiger partial charge in [-0.25, -0.2) is 4.79 Å². The van der Waals surface area contributed by atoms with Crippen molar-refractivity contribution in [1.82, 2.24) is 19.9 Å². The third-order valence-corrected chi connectivity index (χ3v) is 4.72. The van der Waals surface area contributed by atoms with Gasteiger partial charge in [0.2, 0.25) is 0 Å². The summed E-state index contributed by atoms with van der Waals surface area (Å²) in [6.45, 7) is 1.34. The Morgan fingerprint density at radius 3 is 2.87 bits per heavy atom. The lowest BCUT2D eigenvalue weighted by atomic mass is 9.87. The zero-order valence-electron chi connectivity index (χ0n) is 13.2. The molecule has 4 rings (SSSR count). The van der Waals surface area contributed by atoms with E-state index in [4.69, 9.17) is 4.74 Å². The molecule has 1 spiro atoms. The number of carbonyl (C=O) groups is 1. The average molecular weight is 313 g/mol. The first-order valence-electron chi connectivity index (χ1n) is 7.69. The zero-order chi connectivity index (χ0) is 16.0. The molecule has 2 amide bonds. The van der Waals surface area contributed by atoms with E-state index in [1.165, 1.54) is 11.1 Å². The second-order valence-electron chi connectivity index (χ2n) is 6.37. The number of urea groups is 1. The molecule has 1 aliphatic heterocycles. The lowest BCUT2D eigenvalue weighted by Gasteiger charge is -2.35. The molecule has 0 saturated heterocycles. The minimum absolute atomic E-state index is 0.0990. The summed E-state index contributed by atoms with van der Waals surface area (Å²) in [7, 11) is 3.46. The van der Waals surface area contributed by atoms with Crippen molar-refractivity contribution in [3.05, 3.63) is 35.5 Å². The van der Waals surface area contributed by atoms with Gasteiger partial charge in [-0.1, -0.05) is 11.3 Å². The van der Waals surface area contributed by atoms with E-state index in [1.54, 1.807) is 25.0 Å². The fourth-order valence-corrected chi connectivity index (χ4v) is 3.34. The molecule has 1 saturated carbocycles. The van der Waals surface area contributed by atoms with E-state index in [2.05, 4.69) is 27.8 Å². The van der Waals surface area contributed by atoms with Crippen LogP contribution in [0.5, 0.6) is 5.75 Å². The fourth-order valence-electron chi connectivity index (χ4n) is 3.34. The van der Waals surface area contributed by atoms with E-state index in [9.17, 15) is 4.79 Å². The van der Waals surface area contributed by atoms with Gasteiger partial charge in [-0.3, -0.25) is 10.00 Å². The lowest BCUT2D eigenvalue weighted by Crippen LogP contribution is -2.43. The van der Waals surface area contributed by atoms with Crippen molar-refractivity contribution in [3.63, 3.8) is 0 Å².